The number of alkyl halides is 3. The van der Waals surface area contributed by atoms with Gasteiger partial charge in [-0.15, -0.1) is 13.2 Å². The van der Waals surface area contributed by atoms with Gasteiger partial charge in [0.25, 0.3) is 0 Å². The molecule has 7 heteroatoms. The molecule has 1 aliphatic rings. The molecule has 1 nitrogen and oxygen atoms in total. The van der Waals surface area contributed by atoms with Crippen LogP contribution in [0, 0.1) is 23.5 Å². The maximum Gasteiger partial charge on any atom is 0.573 e. The van der Waals surface area contributed by atoms with E-state index < -0.39 is 23.7 Å². The van der Waals surface area contributed by atoms with E-state index in [1.165, 1.54) is 12.8 Å². The van der Waals surface area contributed by atoms with Gasteiger partial charge in [-0.1, -0.05) is 41.9 Å². The molecule has 162 valence electrons. The van der Waals surface area contributed by atoms with Crippen molar-refractivity contribution in [2.75, 3.05) is 0 Å². The van der Waals surface area contributed by atoms with E-state index >= 15 is 0 Å². The van der Waals surface area contributed by atoms with Gasteiger partial charge in [-0.2, -0.15) is 4.39 Å². The van der Waals surface area contributed by atoms with Gasteiger partial charge >= 0.3 is 6.36 Å². The number of hydrogen-bond acceptors (Lipinski definition) is 1. The normalized spacial score (nSPS) is 19.9. The largest absolute Gasteiger partial charge is 0.573 e. The number of hydrogen-bond donors (Lipinski definition) is 0. The van der Waals surface area contributed by atoms with Gasteiger partial charge in [0, 0.05) is 11.1 Å². The van der Waals surface area contributed by atoms with Gasteiger partial charge in [0.1, 0.15) is 0 Å². The summed E-state index contributed by atoms with van der Waals surface area (Å²) in [6.07, 6.45) is 3.54. The molecule has 0 radical (unpaired) electrons. The minimum Gasteiger partial charge on any atom is -0.403 e. The number of aryl methyl sites for hydroxylation is 1. The van der Waals surface area contributed by atoms with Crippen LogP contribution in [-0.2, 0) is 6.42 Å². The summed E-state index contributed by atoms with van der Waals surface area (Å²) in [4.78, 5) is 0. The minimum absolute atomic E-state index is 0.112. The van der Waals surface area contributed by atoms with Crippen molar-refractivity contribution in [2.24, 2.45) is 11.8 Å². The predicted octanol–water partition coefficient (Wildman–Crippen LogP) is 8.02. The highest BCUT2D eigenvalue weighted by molar-refractivity contribution is 6.25. The van der Waals surface area contributed by atoms with Crippen molar-refractivity contribution in [1.82, 2.24) is 0 Å². The van der Waals surface area contributed by atoms with Crippen molar-refractivity contribution in [1.29, 1.82) is 0 Å². The monoisotopic (exact) mass is 444 g/mol. The molecule has 0 spiro atoms. The molecule has 1 aliphatic carbocycles. The molecule has 0 aromatic heterocycles. The molecule has 1 saturated carbocycles. The van der Waals surface area contributed by atoms with Crippen molar-refractivity contribution >= 4 is 11.6 Å². The first-order valence-electron chi connectivity index (χ1n) is 9.86. The smallest absolute Gasteiger partial charge is 0.403 e. The Labute approximate surface area is 177 Å². The van der Waals surface area contributed by atoms with Gasteiger partial charge in [-0.25, -0.2) is 4.39 Å². The predicted molar refractivity (Wildman–Crippen MR) is 107 cm³/mol. The number of rotatable bonds is 6. The number of ether oxygens (including phenoxy) is 1. The van der Waals surface area contributed by atoms with E-state index in [1.54, 1.807) is 17.7 Å². The number of allylic oxidation sites excluding steroid dienone is 1. The highest BCUT2D eigenvalue weighted by Crippen LogP contribution is 2.34. The van der Waals surface area contributed by atoms with E-state index in [2.05, 4.69) is 10.8 Å². The second-order valence-electron chi connectivity index (χ2n) is 7.62. The number of benzene rings is 2. The van der Waals surface area contributed by atoms with Crippen LogP contribution >= 0.6 is 11.6 Å². The molecule has 0 saturated heterocycles. The molecule has 0 atom stereocenters. The minimum atomic E-state index is -5.09. The second kappa shape index (κ2) is 9.82. The summed E-state index contributed by atoms with van der Waals surface area (Å²) in [5.41, 5.74) is 2.96. The molecule has 2 aromatic rings. The van der Waals surface area contributed by atoms with Gasteiger partial charge in [0.15, 0.2) is 11.6 Å². The Balaban J connectivity index is 1.61. The summed E-state index contributed by atoms with van der Waals surface area (Å²) < 4.78 is 68.5. The van der Waals surface area contributed by atoms with E-state index in [0.29, 0.717) is 17.4 Å². The average molecular weight is 445 g/mol. The zero-order valence-electron chi connectivity index (χ0n) is 16.2. The lowest BCUT2D eigenvalue weighted by Gasteiger charge is -2.26. The van der Waals surface area contributed by atoms with E-state index in [4.69, 9.17) is 11.6 Å². The van der Waals surface area contributed by atoms with Crippen LogP contribution in [-0.4, -0.2) is 6.36 Å². The second-order valence-corrected chi connectivity index (χ2v) is 7.87. The SMILES string of the molecule is Fc1c(OC(F)(F)F)ccc(-c2ccc(CCC3CCC(C=CCl)CC3)cc2)c1F. The van der Waals surface area contributed by atoms with Crippen LogP contribution in [0.1, 0.15) is 37.7 Å². The molecular formula is C23H22ClF5O. The maximum atomic E-state index is 14.3. The molecule has 0 aliphatic heterocycles. The van der Waals surface area contributed by atoms with Crippen molar-refractivity contribution in [2.45, 2.75) is 44.9 Å². The van der Waals surface area contributed by atoms with Gasteiger partial charge < -0.3 is 4.74 Å². The quantitative estimate of drug-likeness (QED) is 0.410. The van der Waals surface area contributed by atoms with Gasteiger partial charge in [-0.05, 0) is 73.6 Å². The van der Waals surface area contributed by atoms with Crippen LogP contribution in [0.25, 0.3) is 11.1 Å². The van der Waals surface area contributed by atoms with E-state index in [0.717, 1.165) is 43.4 Å². The molecule has 0 amide bonds. The van der Waals surface area contributed by atoms with E-state index in [-0.39, 0.29) is 5.56 Å². The zero-order chi connectivity index (χ0) is 21.7. The summed E-state index contributed by atoms with van der Waals surface area (Å²) in [5, 5.41) is 0. The first-order chi connectivity index (χ1) is 14.3. The van der Waals surface area contributed by atoms with Crippen molar-refractivity contribution in [3.05, 3.63) is 65.2 Å². The summed E-state index contributed by atoms with van der Waals surface area (Å²) >= 11 is 5.64. The molecule has 3 rings (SSSR count). The van der Waals surface area contributed by atoms with Crippen LogP contribution in [0.15, 0.2) is 48.0 Å². The molecule has 30 heavy (non-hydrogen) atoms. The first-order valence-corrected chi connectivity index (χ1v) is 10.3. The molecule has 0 unspecified atom stereocenters. The Morgan fingerprint density at radius 2 is 1.60 bits per heavy atom. The molecular weight excluding hydrogens is 423 g/mol. The lowest BCUT2D eigenvalue weighted by atomic mass is 9.79. The fourth-order valence-corrected chi connectivity index (χ4v) is 4.16. The third-order valence-corrected chi connectivity index (χ3v) is 5.76. The van der Waals surface area contributed by atoms with E-state index in [9.17, 15) is 22.0 Å². The zero-order valence-corrected chi connectivity index (χ0v) is 16.9. The van der Waals surface area contributed by atoms with Crippen LogP contribution < -0.4 is 4.74 Å². The summed E-state index contributed by atoms with van der Waals surface area (Å²) in [7, 11) is 0. The Morgan fingerprint density at radius 3 is 2.20 bits per heavy atom. The van der Waals surface area contributed by atoms with Gasteiger partial charge in [0.2, 0.25) is 5.82 Å². The molecule has 0 bridgehead atoms. The lowest BCUT2D eigenvalue weighted by Crippen LogP contribution is -2.18. The van der Waals surface area contributed by atoms with Crippen LogP contribution in [0.3, 0.4) is 0 Å². The molecule has 0 heterocycles. The summed E-state index contributed by atoms with van der Waals surface area (Å²) in [6, 6.07) is 8.86. The number of halogens is 6. The van der Waals surface area contributed by atoms with Crippen molar-refractivity contribution < 1.29 is 26.7 Å². The van der Waals surface area contributed by atoms with Crippen molar-refractivity contribution in [3.63, 3.8) is 0 Å². The van der Waals surface area contributed by atoms with Crippen molar-refractivity contribution in [3.8, 4) is 16.9 Å². The fraction of sp³-hybridized carbons (Fsp3) is 0.391. The highest BCUT2D eigenvalue weighted by atomic mass is 35.5. The maximum absolute atomic E-state index is 14.3. The third-order valence-electron chi connectivity index (χ3n) is 5.62. The van der Waals surface area contributed by atoms with Crippen LogP contribution in [0.5, 0.6) is 5.75 Å². The van der Waals surface area contributed by atoms with Crippen LogP contribution in [0.2, 0.25) is 0 Å². The first kappa shape index (κ1) is 22.6. The highest BCUT2D eigenvalue weighted by Gasteiger charge is 2.33. The van der Waals surface area contributed by atoms with Crippen LogP contribution in [0.4, 0.5) is 22.0 Å². The molecule has 0 N–H and O–H groups in total. The topological polar surface area (TPSA) is 9.23 Å². The van der Waals surface area contributed by atoms with Gasteiger partial charge in [0.05, 0.1) is 0 Å². The Kier molecular flexibility index (Phi) is 7.40. The third kappa shape index (κ3) is 5.97. The lowest BCUT2D eigenvalue weighted by molar-refractivity contribution is -0.275. The Hall–Kier alpha value is -2.08. The Morgan fingerprint density at radius 1 is 0.933 bits per heavy atom. The Bertz CT molecular complexity index is 868. The van der Waals surface area contributed by atoms with E-state index in [1.807, 2.05) is 12.1 Å². The molecule has 2 aromatic carbocycles. The molecule has 1 fully saturated rings. The standard InChI is InChI=1S/C23H22ClF5O/c24-14-13-17-5-3-15(4-6-17)1-2-16-7-9-18(10-8-16)19-11-12-20(22(26)21(19)25)30-23(27,28)29/h7-15,17H,1-6H2. The van der Waals surface area contributed by atoms with Gasteiger partial charge in [-0.3, -0.25) is 0 Å². The summed E-state index contributed by atoms with van der Waals surface area (Å²) in [5.74, 6) is -2.98. The average Bonchev–Trinajstić information content (AvgIpc) is 2.71. The summed E-state index contributed by atoms with van der Waals surface area (Å²) in [6.45, 7) is 0. The fourth-order valence-electron chi connectivity index (χ4n) is 3.95.